The first-order valence-electron chi connectivity index (χ1n) is 7.82. The molecule has 0 unspecified atom stereocenters. The second-order valence-electron chi connectivity index (χ2n) is 5.28. The van der Waals surface area contributed by atoms with Crippen molar-refractivity contribution < 1.29 is 14.3 Å². The van der Waals surface area contributed by atoms with Crippen LogP contribution >= 0.6 is 0 Å². The van der Waals surface area contributed by atoms with Crippen LogP contribution in [0.3, 0.4) is 0 Å². The summed E-state index contributed by atoms with van der Waals surface area (Å²) in [6.07, 6.45) is 1.68. The number of carbonyl (C=O) groups excluding carboxylic acids is 2. The molecule has 25 heavy (non-hydrogen) atoms. The number of rotatable bonds is 8. The Morgan fingerprint density at radius 3 is 2.08 bits per heavy atom. The predicted octanol–water partition coefficient (Wildman–Crippen LogP) is 3.26. The van der Waals surface area contributed by atoms with E-state index in [4.69, 9.17) is 4.74 Å². The van der Waals surface area contributed by atoms with Crippen LogP contribution in [0.4, 0.5) is 17.1 Å². The molecule has 6 heteroatoms. The number of carbonyl (C=O) groups is 2. The number of benzene rings is 2. The van der Waals surface area contributed by atoms with E-state index in [-0.39, 0.29) is 18.4 Å². The summed E-state index contributed by atoms with van der Waals surface area (Å²) in [4.78, 5) is 22.9. The normalized spacial score (nSPS) is 9.80. The van der Waals surface area contributed by atoms with E-state index in [9.17, 15) is 9.59 Å². The maximum absolute atomic E-state index is 12.0. The summed E-state index contributed by atoms with van der Waals surface area (Å²) in [6.45, 7) is 5.63. The first-order chi connectivity index (χ1) is 12.1. The van der Waals surface area contributed by atoms with Crippen LogP contribution in [0.25, 0.3) is 0 Å². The van der Waals surface area contributed by atoms with Gasteiger partial charge >= 0.3 is 0 Å². The van der Waals surface area contributed by atoms with Crippen LogP contribution in [0.2, 0.25) is 0 Å². The highest BCUT2D eigenvalue weighted by atomic mass is 16.5. The van der Waals surface area contributed by atoms with Gasteiger partial charge in [0.25, 0.3) is 0 Å². The number of anilines is 3. The molecule has 0 aliphatic heterocycles. The molecule has 2 aromatic carbocycles. The summed E-state index contributed by atoms with van der Waals surface area (Å²) in [5.74, 6) is 0.440. The van der Waals surface area contributed by atoms with Crippen molar-refractivity contribution in [1.82, 2.24) is 0 Å². The van der Waals surface area contributed by atoms with Gasteiger partial charge in [-0.3, -0.25) is 9.59 Å². The zero-order chi connectivity index (χ0) is 18.1. The topological polar surface area (TPSA) is 79.5 Å². The largest absolute Gasteiger partial charge is 0.490 e. The highest BCUT2D eigenvalue weighted by Gasteiger charge is 2.03. The van der Waals surface area contributed by atoms with Gasteiger partial charge in [0.2, 0.25) is 11.8 Å². The Kier molecular flexibility index (Phi) is 6.59. The highest BCUT2D eigenvalue weighted by molar-refractivity contribution is 5.94. The molecule has 0 spiro atoms. The average molecular weight is 339 g/mol. The van der Waals surface area contributed by atoms with E-state index in [0.29, 0.717) is 18.0 Å². The summed E-state index contributed by atoms with van der Waals surface area (Å²) in [7, 11) is 0. The van der Waals surface area contributed by atoms with Crippen LogP contribution in [0.15, 0.2) is 61.2 Å². The molecule has 2 amide bonds. The van der Waals surface area contributed by atoms with Crippen molar-refractivity contribution in [2.24, 2.45) is 0 Å². The fourth-order valence-electron chi connectivity index (χ4n) is 2.05. The molecule has 0 radical (unpaired) electrons. The average Bonchev–Trinajstić information content (AvgIpc) is 2.60. The maximum Gasteiger partial charge on any atom is 0.243 e. The highest BCUT2D eigenvalue weighted by Crippen LogP contribution is 2.16. The van der Waals surface area contributed by atoms with Gasteiger partial charge in [-0.2, -0.15) is 0 Å². The molecule has 0 aromatic heterocycles. The summed E-state index contributed by atoms with van der Waals surface area (Å²) >= 11 is 0. The van der Waals surface area contributed by atoms with Crippen molar-refractivity contribution >= 4 is 28.9 Å². The van der Waals surface area contributed by atoms with Crippen LogP contribution in [-0.4, -0.2) is 25.0 Å². The molecule has 0 saturated heterocycles. The molecule has 130 valence electrons. The molecule has 0 fully saturated rings. The molecule has 2 aromatic rings. The lowest BCUT2D eigenvalue weighted by molar-refractivity contribution is -0.115. The number of amides is 2. The van der Waals surface area contributed by atoms with Crippen molar-refractivity contribution in [3.8, 4) is 5.75 Å². The molecule has 0 heterocycles. The van der Waals surface area contributed by atoms with Gasteiger partial charge in [0.15, 0.2) is 0 Å². The Labute approximate surface area is 146 Å². The van der Waals surface area contributed by atoms with Gasteiger partial charge in [-0.15, -0.1) is 0 Å². The Balaban J connectivity index is 1.80. The fourth-order valence-corrected chi connectivity index (χ4v) is 2.05. The second kappa shape index (κ2) is 9.12. The van der Waals surface area contributed by atoms with Gasteiger partial charge in [-0.1, -0.05) is 12.7 Å². The molecule has 3 N–H and O–H groups in total. The van der Waals surface area contributed by atoms with E-state index < -0.39 is 0 Å². The summed E-state index contributed by atoms with van der Waals surface area (Å²) in [6, 6.07) is 14.2. The third-order valence-corrected chi connectivity index (χ3v) is 3.16. The van der Waals surface area contributed by atoms with Gasteiger partial charge < -0.3 is 20.7 Å². The Hall–Kier alpha value is -3.28. The van der Waals surface area contributed by atoms with Crippen LogP contribution in [0.5, 0.6) is 5.75 Å². The molecule has 0 bridgehead atoms. The van der Waals surface area contributed by atoms with Crippen molar-refractivity contribution in [3.63, 3.8) is 0 Å². The lowest BCUT2D eigenvalue weighted by Gasteiger charge is -2.09. The summed E-state index contributed by atoms with van der Waals surface area (Å²) in [5, 5.41) is 8.49. The molecule has 0 aliphatic carbocycles. The summed E-state index contributed by atoms with van der Waals surface area (Å²) in [5.41, 5.74) is 2.17. The standard InChI is InChI=1S/C19H21N3O3/c1-3-12-25-18-10-8-15(9-11-18)20-13-19(24)22-17-6-4-16(5-7-17)21-14(2)23/h3-11,20H,1,12-13H2,2H3,(H,21,23)(H,22,24). The molecular weight excluding hydrogens is 318 g/mol. The summed E-state index contributed by atoms with van der Waals surface area (Å²) < 4.78 is 5.40. The lowest BCUT2D eigenvalue weighted by atomic mass is 10.2. The minimum atomic E-state index is -0.167. The van der Waals surface area contributed by atoms with Crippen LogP contribution in [0.1, 0.15) is 6.92 Å². The van der Waals surface area contributed by atoms with E-state index in [1.54, 1.807) is 30.3 Å². The Bertz CT molecular complexity index is 725. The first kappa shape index (κ1) is 18.1. The van der Waals surface area contributed by atoms with Gasteiger partial charge in [-0.05, 0) is 48.5 Å². The third kappa shape index (κ3) is 6.39. The van der Waals surface area contributed by atoms with Crippen molar-refractivity contribution in [2.45, 2.75) is 6.92 Å². The van der Waals surface area contributed by atoms with Crippen LogP contribution in [0, 0.1) is 0 Å². The van der Waals surface area contributed by atoms with E-state index >= 15 is 0 Å². The molecule has 0 aliphatic rings. The molecule has 0 saturated carbocycles. The Morgan fingerprint density at radius 1 is 0.960 bits per heavy atom. The molecular formula is C19H21N3O3. The zero-order valence-electron chi connectivity index (χ0n) is 14.0. The SMILES string of the molecule is C=CCOc1ccc(NCC(=O)Nc2ccc(NC(C)=O)cc2)cc1. The van der Waals surface area contributed by atoms with Crippen molar-refractivity contribution in [3.05, 3.63) is 61.2 Å². The number of ether oxygens (including phenoxy) is 1. The molecule has 6 nitrogen and oxygen atoms in total. The van der Waals surface area contributed by atoms with E-state index in [1.807, 2.05) is 24.3 Å². The smallest absolute Gasteiger partial charge is 0.243 e. The first-order valence-corrected chi connectivity index (χ1v) is 7.82. The monoisotopic (exact) mass is 339 g/mol. The van der Waals surface area contributed by atoms with Gasteiger partial charge in [0.05, 0.1) is 6.54 Å². The van der Waals surface area contributed by atoms with Crippen LogP contribution < -0.4 is 20.7 Å². The van der Waals surface area contributed by atoms with Gasteiger partial charge in [0.1, 0.15) is 12.4 Å². The van der Waals surface area contributed by atoms with Crippen molar-refractivity contribution in [1.29, 1.82) is 0 Å². The van der Waals surface area contributed by atoms with E-state index in [1.165, 1.54) is 6.92 Å². The molecule has 0 atom stereocenters. The minimum absolute atomic E-state index is 0.137. The van der Waals surface area contributed by atoms with E-state index in [2.05, 4.69) is 22.5 Å². The quantitative estimate of drug-likeness (QED) is 0.645. The second-order valence-corrected chi connectivity index (χ2v) is 5.28. The van der Waals surface area contributed by atoms with E-state index in [0.717, 1.165) is 11.4 Å². The Morgan fingerprint density at radius 2 is 1.52 bits per heavy atom. The van der Waals surface area contributed by atoms with Gasteiger partial charge in [-0.25, -0.2) is 0 Å². The van der Waals surface area contributed by atoms with Crippen LogP contribution in [-0.2, 0) is 9.59 Å². The minimum Gasteiger partial charge on any atom is -0.490 e. The third-order valence-electron chi connectivity index (χ3n) is 3.16. The number of nitrogens with one attached hydrogen (secondary N) is 3. The number of hydrogen-bond acceptors (Lipinski definition) is 4. The zero-order valence-corrected chi connectivity index (χ0v) is 14.0. The van der Waals surface area contributed by atoms with Crippen molar-refractivity contribution in [2.75, 3.05) is 29.1 Å². The maximum atomic E-state index is 12.0. The lowest BCUT2D eigenvalue weighted by Crippen LogP contribution is -2.21. The molecule has 2 rings (SSSR count). The number of hydrogen-bond donors (Lipinski definition) is 3. The predicted molar refractivity (Wildman–Crippen MR) is 100.0 cm³/mol. The van der Waals surface area contributed by atoms with Gasteiger partial charge in [0, 0.05) is 24.0 Å². The fraction of sp³-hybridized carbons (Fsp3) is 0.158.